The third-order valence-corrected chi connectivity index (χ3v) is 6.55. The van der Waals surface area contributed by atoms with Gasteiger partial charge in [-0.3, -0.25) is 9.69 Å². The third kappa shape index (κ3) is 5.51. The summed E-state index contributed by atoms with van der Waals surface area (Å²) < 4.78 is 5.36. The summed E-state index contributed by atoms with van der Waals surface area (Å²) in [5.74, 6) is 0.273. The molecule has 0 atom stereocenters. The van der Waals surface area contributed by atoms with E-state index in [1.165, 1.54) is 0 Å². The maximum Gasteiger partial charge on any atom is 0.269 e. The van der Waals surface area contributed by atoms with Crippen LogP contribution in [0.3, 0.4) is 0 Å². The number of aryl methyl sites for hydroxylation is 2. The fourth-order valence-corrected chi connectivity index (χ4v) is 4.61. The van der Waals surface area contributed by atoms with Crippen LogP contribution in [-0.2, 0) is 11.2 Å². The molecule has 4 heterocycles. The number of morpholine rings is 1. The van der Waals surface area contributed by atoms with Gasteiger partial charge in [-0.05, 0) is 37.6 Å². The molecule has 2 aromatic heterocycles. The van der Waals surface area contributed by atoms with E-state index in [2.05, 4.69) is 49.0 Å². The van der Waals surface area contributed by atoms with Gasteiger partial charge in [-0.25, -0.2) is 15.0 Å². The maximum atomic E-state index is 12.6. The number of hydrogen-bond acceptors (Lipinski definition) is 8. The van der Waals surface area contributed by atoms with Crippen LogP contribution in [0.15, 0.2) is 36.5 Å². The number of nitrogens with zero attached hydrogens (tertiary/aromatic N) is 4. The van der Waals surface area contributed by atoms with Crippen molar-refractivity contribution in [2.75, 3.05) is 50.0 Å². The lowest BCUT2D eigenvalue weighted by atomic mass is 10.0. The number of benzene rings is 1. The van der Waals surface area contributed by atoms with Crippen LogP contribution in [0, 0.1) is 13.8 Å². The lowest BCUT2D eigenvalue weighted by molar-refractivity contribution is 0.0383. The van der Waals surface area contributed by atoms with Crippen molar-refractivity contribution in [3.8, 4) is 11.3 Å². The first-order valence-corrected chi connectivity index (χ1v) is 12.5. The van der Waals surface area contributed by atoms with Crippen molar-refractivity contribution < 1.29 is 9.53 Å². The predicted molar refractivity (Wildman–Crippen MR) is 144 cm³/mol. The monoisotopic (exact) mass is 503 g/mol. The number of amides is 1. The molecule has 5 rings (SSSR count). The molecule has 9 nitrogen and oxygen atoms in total. The largest absolute Gasteiger partial charge is 0.379 e. The Kier molecular flexibility index (Phi) is 7.17. The first kappa shape index (κ1) is 24.2. The van der Waals surface area contributed by atoms with Crippen LogP contribution < -0.4 is 16.0 Å². The molecule has 0 radical (unpaired) electrons. The van der Waals surface area contributed by atoms with Gasteiger partial charge >= 0.3 is 0 Å². The molecule has 3 aromatic rings. The second kappa shape index (κ2) is 10.7. The van der Waals surface area contributed by atoms with Crippen LogP contribution in [0.25, 0.3) is 11.3 Å². The molecule has 1 aromatic carbocycles. The number of hydrogen-bond donors (Lipinski definition) is 3. The summed E-state index contributed by atoms with van der Waals surface area (Å²) in [4.78, 5) is 29.4. The van der Waals surface area contributed by atoms with Crippen LogP contribution in [0.5, 0.6) is 0 Å². The highest BCUT2D eigenvalue weighted by Gasteiger charge is 2.20. The zero-order valence-corrected chi connectivity index (χ0v) is 21.2. The molecule has 1 fully saturated rings. The molecule has 1 saturated heterocycles. The fourth-order valence-electron chi connectivity index (χ4n) is 4.35. The summed E-state index contributed by atoms with van der Waals surface area (Å²) >= 11 is 5.51. The molecule has 2 aliphatic heterocycles. The molecule has 0 bridgehead atoms. The van der Waals surface area contributed by atoms with Crippen LogP contribution in [0.1, 0.15) is 27.3 Å². The van der Waals surface area contributed by atoms with Gasteiger partial charge in [0.25, 0.3) is 5.91 Å². The molecule has 0 spiro atoms. The molecule has 2 aliphatic rings. The second-order valence-corrected chi connectivity index (χ2v) is 9.50. The van der Waals surface area contributed by atoms with E-state index < -0.39 is 0 Å². The number of carbonyl (C=O) groups excluding carboxylic acids is 1. The SMILES string of the molecule is Cc1ccc2c(c1)NC(=S)Cc1cnc(Nc3ccc(C(=O)NCCN4CCOCC4)nc3C)nc1-2. The second-order valence-electron chi connectivity index (χ2n) is 9.01. The average molecular weight is 504 g/mol. The van der Waals surface area contributed by atoms with Gasteiger partial charge in [0.15, 0.2) is 0 Å². The van der Waals surface area contributed by atoms with Crippen molar-refractivity contribution in [2.45, 2.75) is 20.3 Å². The molecular formula is C26H29N7O2S. The summed E-state index contributed by atoms with van der Waals surface area (Å²) in [7, 11) is 0. The number of anilines is 3. The van der Waals surface area contributed by atoms with Crippen molar-refractivity contribution in [1.29, 1.82) is 0 Å². The number of ether oxygens (including phenoxy) is 1. The molecule has 0 aliphatic carbocycles. The normalized spacial score (nSPS) is 15.3. The Morgan fingerprint density at radius 3 is 2.81 bits per heavy atom. The van der Waals surface area contributed by atoms with E-state index in [-0.39, 0.29) is 5.91 Å². The number of pyridine rings is 1. The molecule has 36 heavy (non-hydrogen) atoms. The molecule has 186 valence electrons. The highest BCUT2D eigenvalue weighted by atomic mass is 32.1. The summed E-state index contributed by atoms with van der Waals surface area (Å²) in [5.41, 5.74) is 6.71. The number of fused-ring (bicyclic) bond motifs is 3. The number of carbonyl (C=O) groups is 1. The Morgan fingerprint density at radius 2 is 2.00 bits per heavy atom. The zero-order valence-electron chi connectivity index (χ0n) is 20.4. The minimum atomic E-state index is -0.186. The average Bonchev–Trinajstić information content (AvgIpc) is 3.00. The molecule has 10 heteroatoms. The Labute approximate surface area is 215 Å². The van der Waals surface area contributed by atoms with Gasteiger partial charge in [0, 0.05) is 55.6 Å². The minimum absolute atomic E-state index is 0.186. The third-order valence-electron chi connectivity index (χ3n) is 6.30. The van der Waals surface area contributed by atoms with Gasteiger partial charge in [-0.15, -0.1) is 0 Å². The van der Waals surface area contributed by atoms with Crippen molar-refractivity contribution in [1.82, 2.24) is 25.2 Å². The first-order chi connectivity index (χ1) is 17.5. The van der Waals surface area contributed by atoms with Gasteiger partial charge in [0.2, 0.25) is 5.95 Å². The predicted octanol–water partition coefficient (Wildman–Crippen LogP) is 3.26. The summed E-state index contributed by atoms with van der Waals surface area (Å²) in [6.45, 7) is 8.55. The number of thiocarbonyl (C=S) groups is 1. The standard InChI is InChI=1S/C26H29N7O2S/c1-16-3-4-19-22(13-16)30-23(36)14-18-15-28-26(32-24(18)19)31-20-5-6-21(29-17(20)2)25(34)27-7-8-33-9-11-35-12-10-33/h3-6,13,15H,7-12,14H2,1-2H3,(H,27,34)(H,30,36)(H,28,31,32). The quantitative estimate of drug-likeness (QED) is 0.437. The van der Waals surface area contributed by atoms with E-state index in [1.54, 1.807) is 6.07 Å². The Hall–Kier alpha value is -3.47. The molecular weight excluding hydrogens is 474 g/mol. The summed E-state index contributed by atoms with van der Waals surface area (Å²) in [6.07, 6.45) is 2.39. The molecule has 0 unspecified atom stereocenters. The highest BCUT2D eigenvalue weighted by molar-refractivity contribution is 7.80. The van der Waals surface area contributed by atoms with Crippen molar-refractivity contribution in [3.05, 3.63) is 59.0 Å². The van der Waals surface area contributed by atoms with Crippen molar-refractivity contribution in [3.63, 3.8) is 0 Å². The smallest absolute Gasteiger partial charge is 0.269 e. The summed E-state index contributed by atoms with van der Waals surface area (Å²) in [6, 6.07) is 9.74. The van der Waals surface area contributed by atoms with Crippen LogP contribution >= 0.6 is 12.2 Å². The van der Waals surface area contributed by atoms with Crippen molar-refractivity contribution >= 4 is 40.4 Å². The number of nitrogens with one attached hydrogen (secondary N) is 3. The van der Waals surface area contributed by atoms with E-state index in [9.17, 15) is 4.79 Å². The van der Waals surface area contributed by atoms with Gasteiger partial charge in [-0.1, -0.05) is 24.4 Å². The topological polar surface area (TPSA) is 104 Å². The van der Waals surface area contributed by atoms with Gasteiger partial charge < -0.3 is 20.7 Å². The zero-order chi connectivity index (χ0) is 25.1. The lowest BCUT2D eigenvalue weighted by Crippen LogP contribution is -2.41. The van der Waals surface area contributed by atoms with Gasteiger partial charge in [0.05, 0.1) is 35.3 Å². The maximum absolute atomic E-state index is 12.6. The van der Waals surface area contributed by atoms with E-state index in [4.69, 9.17) is 21.9 Å². The van der Waals surface area contributed by atoms with Gasteiger partial charge in [-0.2, -0.15) is 0 Å². The molecule has 1 amide bonds. The van der Waals surface area contributed by atoms with Crippen LogP contribution in [-0.4, -0.2) is 70.1 Å². The van der Waals surface area contributed by atoms with E-state index in [1.807, 2.05) is 26.1 Å². The molecule has 0 saturated carbocycles. The number of aromatic nitrogens is 3. The van der Waals surface area contributed by atoms with E-state index in [0.717, 1.165) is 71.6 Å². The molecule has 3 N–H and O–H groups in total. The number of rotatable bonds is 6. The fraction of sp³-hybridized carbons (Fsp3) is 0.346. The van der Waals surface area contributed by atoms with Crippen molar-refractivity contribution in [2.24, 2.45) is 0 Å². The Bertz CT molecular complexity index is 1310. The lowest BCUT2D eigenvalue weighted by Gasteiger charge is -2.26. The van der Waals surface area contributed by atoms with Crippen LogP contribution in [0.2, 0.25) is 0 Å². The Morgan fingerprint density at radius 1 is 1.17 bits per heavy atom. The summed E-state index contributed by atoms with van der Waals surface area (Å²) in [5, 5.41) is 9.54. The Balaban J connectivity index is 1.29. The highest BCUT2D eigenvalue weighted by Crippen LogP contribution is 2.34. The first-order valence-electron chi connectivity index (χ1n) is 12.1. The van der Waals surface area contributed by atoms with Gasteiger partial charge in [0.1, 0.15) is 5.69 Å². The minimum Gasteiger partial charge on any atom is -0.379 e. The van der Waals surface area contributed by atoms with Crippen LogP contribution in [0.4, 0.5) is 17.3 Å². The van der Waals surface area contributed by atoms with E-state index >= 15 is 0 Å². The van der Waals surface area contributed by atoms with E-state index in [0.29, 0.717) is 30.3 Å².